The maximum absolute atomic E-state index is 4.86. The Hall–Kier alpha value is -2.34. The Morgan fingerprint density at radius 1 is 1.14 bits per heavy atom. The number of aliphatic imine (C=N–C) groups is 1. The lowest BCUT2D eigenvalue weighted by molar-refractivity contribution is 0.157. The van der Waals surface area contributed by atoms with Gasteiger partial charge in [0.05, 0.1) is 13.1 Å². The molecule has 6 nitrogen and oxygen atoms in total. The highest BCUT2D eigenvalue weighted by Gasteiger charge is 2.20. The van der Waals surface area contributed by atoms with Gasteiger partial charge in [0.15, 0.2) is 5.96 Å². The number of rotatable bonds is 8. The number of aromatic nitrogens is 2. The maximum Gasteiger partial charge on any atom is 0.191 e. The lowest BCUT2D eigenvalue weighted by Gasteiger charge is -2.35. The van der Waals surface area contributed by atoms with Crippen LogP contribution in [0.1, 0.15) is 44.2 Å². The van der Waals surface area contributed by atoms with E-state index in [0.29, 0.717) is 12.6 Å². The summed E-state index contributed by atoms with van der Waals surface area (Å²) < 4.78 is 1.95. The van der Waals surface area contributed by atoms with Gasteiger partial charge in [-0.1, -0.05) is 37.6 Å². The van der Waals surface area contributed by atoms with Crippen LogP contribution < -0.4 is 10.6 Å². The Kier molecular flexibility index (Phi) is 7.91. The lowest BCUT2D eigenvalue weighted by atomic mass is 10.0. The SMILES string of the molecule is CCNC(=NCc1ccccc1Cn1cccn1)NCC1CCCCN1CC. The van der Waals surface area contributed by atoms with Crippen LogP contribution in [0.5, 0.6) is 0 Å². The molecule has 2 aromatic rings. The minimum Gasteiger partial charge on any atom is -0.357 e. The molecule has 2 N–H and O–H groups in total. The van der Waals surface area contributed by atoms with Crippen LogP contribution >= 0.6 is 0 Å². The number of hydrogen-bond acceptors (Lipinski definition) is 3. The Balaban J connectivity index is 1.62. The molecule has 0 saturated carbocycles. The van der Waals surface area contributed by atoms with Crippen molar-refractivity contribution in [1.82, 2.24) is 25.3 Å². The van der Waals surface area contributed by atoms with Gasteiger partial charge in [0, 0.05) is 31.5 Å². The summed E-state index contributed by atoms with van der Waals surface area (Å²) in [6, 6.07) is 11.0. The Morgan fingerprint density at radius 3 is 2.75 bits per heavy atom. The van der Waals surface area contributed by atoms with Gasteiger partial charge in [-0.3, -0.25) is 9.58 Å². The second kappa shape index (κ2) is 10.9. The molecule has 28 heavy (non-hydrogen) atoms. The quantitative estimate of drug-likeness (QED) is 0.544. The summed E-state index contributed by atoms with van der Waals surface area (Å²) in [5.41, 5.74) is 2.50. The van der Waals surface area contributed by atoms with Gasteiger partial charge in [-0.15, -0.1) is 0 Å². The number of guanidine groups is 1. The molecule has 1 aliphatic heterocycles. The molecular weight excluding hydrogens is 348 g/mol. The third-order valence-electron chi connectivity index (χ3n) is 5.42. The Labute approximate surface area is 169 Å². The summed E-state index contributed by atoms with van der Waals surface area (Å²) in [6.07, 6.45) is 7.74. The minimum absolute atomic E-state index is 0.606. The number of piperidine rings is 1. The largest absolute Gasteiger partial charge is 0.357 e. The van der Waals surface area contributed by atoms with Crippen molar-refractivity contribution < 1.29 is 0 Å². The van der Waals surface area contributed by atoms with E-state index in [1.807, 2.05) is 23.1 Å². The van der Waals surface area contributed by atoms with Crippen molar-refractivity contribution in [3.05, 3.63) is 53.9 Å². The van der Waals surface area contributed by atoms with Crippen LogP contribution in [0.2, 0.25) is 0 Å². The van der Waals surface area contributed by atoms with Crippen LogP contribution in [0.15, 0.2) is 47.7 Å². The van der Waals surface area contributed by atoms with Crippen molar-refractivity contribution in [2.45, 2.75) is 52.2 Å². The van der Waals surface area contributed by atoms with Crippen LogP contribution in [0.3, 0.4) is 0 Å². The molecule has 0 amide bonds. The zero-order chi connectivity index (χ0) is 19.6. The van der Waals surface area contributed by atoms with E-state index in [9.17, 15) is 0 Å². The first-order valence-corrected chi connectivity index (χ1v) is 10.6. The number of likely N-dealkylation sites (N-methyl/N-ethyl adjacent to an activating group) is 1. The first-order valence-electron chi connectivity index (χ1n) is 10.6. The van der Waals surface area contributed by atoms with Gasteiger partial charge >= 0.3 is 0 Å². The van der Waals surface area contributed by atoms with Gasteiger partial charge in [-0.2, -0.15) is 5.10 Å². The highest BCUT2D eigenvalue weighted by molar-refractivity contribution is 5.79. The van der Waals surface area contributed by atoms with Crippen molar-refractivity contribution in [2.75, 3.05) is 26.2 Å². The second-order valence-corrected chi connectivity index (χ2v) is 7.33. The van der Waals surface area contributed by atoms with Crippen molar-refractivity contribution >= 4 is 5.96 Å². The highest BCUT2D eigenvalue weighted by Crippen LogP contribution is 2.16. The molecule has 1 aromatic heterocycles. The summed E-state index contributed by atoms with van der Waals surface area (Å²) >= 11 is 0. The fourth-order valence-corrected chi connectivity index (χ4v) is 3.86. The monoisotopic (exact) mass is 382 g/mol. The molecular formula is C22H34N6. The van der Waals surface area contributed by atoms with Crippen LogP contribution in [-0.4, -0.2) is 52.9 Å². The van der Waals surface area contributed by atoms with E-state index in [4.69, 9.17) is 4.99 Å². The normalized spacial score (nSPS) is 18.2. The average Bonchev–Trinajstić information content (AvgIpc) is 3.24. The Bertz CT molecular complexity index is 724. The first-order chi connectivity index (χ1) is 13.8. The van der Waals surface area contributed by atoms with Gasteiger partial charge in [0.25, 0.3) is 0 Å². The van der Waals surface area contributed by atoms with Crippen molar-refractivity contribution in [3.8, 4) is 0 Å². The van der Waals surface area contributed by atoms with Crippen molar-refractivity contribution in [3.63, 3.8) is 0 Å². The van der Waals surface area contributed by atoms with Gasteiger partial charge in [0.1, 0.15) is 0 Å². The van der Waals surface area contributed by atoms with E-state index >= 15 is 0 Å². The molecule has 1 fully saturated rings. The average molecular weight is 383 g/mol. The molecule has 1 atom stereocenters. The van der Waals surface area contributed by atoms with Crippen LogP contribution in [0.25, 0.3) is 0 Å². The summed E-state index contributed by atoms with van der Waals surface area (Å²) in [5.74, 6) is 0.901. The molecule has 1 aliphatic rings. The number of nitrogens with one attached hydrogen (secondary N) is 2. The van der Waals surface area contributed by atoms with Crippen LogP contribution in [0, 0.1) is 0 Å². The van der Waals surface area contributed by atoms with E-state index in [2.05, 4.69) is 58.7 Å². The second-order valence-electron chi connectivity index (χ2n) is 7.33. The fraction of sp³-hybridized carbons (Fsp3) is 0.545. The first kappa shape index (κ1) is 20.4. The number of hydrogen-bond donors (Lipinski definition) is 2. The molecule has 6 heteroatoms. The Morgan fingerprint density at radius 2 is 2.00 bits per heavy atom. The molecule has 3 rings (SSSR count). The molecule has 2 heterocycles. The molecule has 1 saturated heterocycles. The zero-order valence-electron chi connectivity index (χ0n) is 17.3. The van der Waals surface area contributed by atoms with Gasteiger partial charge < -0.3 is 10.6 Å². The molecule has 0 spiro atoms. The van der Waals surface area contributed by atoms with Gasteiger partial charge in [0.2, 0.25) is 0 Å². The van der Waals surface area contributed by atoms with Crippen LogP contribution in [-0.2, 0) is 13.1 Å². The molecule has 0 bridgehead atoms. The summed E-state index contributed by atoms with van der Waals surface area (Å²) in [4.78, 5) is 7.44. The number of benzene rings is 1. The van der Waals surface area contributed by atoms with E-state index in [1.165, 1.54) is 36.9 Å². The summed E-state index contributed by atoms with van der Waals surface area (Å²) in [5, 5.41) is 11.3. The summed E-state index contributed by atoms with van der Waals surface area (Å²) in [7, 11) is 0. The maximum atomic E-state index is 4.86. The van der Waals surface area contributed by atoms with E-state index in [0.717, 1.165) is 32.1 Å². The third kappa shape index (κ3) is 5.83. The zero-order valence-corrected chi connectivity index (χ0v) is 17.3. The van der Waals surface area contributed by atoms with E-state index in [-0.39, 0.29) is 0 Å². The van der Waals surface area contributed by atoms with Crippen LogP contribution in [0.4, 0.5) is 0 Å². The highest BCUT2D eigenvalue weighted by atomic mass is 15.3. The topological polar surface area (TPSA) is 57.5 Å². The standard InChI is InChI=1S/C22H34N6/c1-3-23-22(25-17-21-12-7-8-14-27(21)4-2)24-16-19-10-5-6-11-20(19)18-28-15-9-13-26-28/h5-6,9-11,13,15,21H,3-4,7-8,12,14,16-18H2,1-2H3,(H2,23,24,25). The van der Waals surface area contributed by atoms with Crippen molar-refractivity contribution in [1.29, 1.82) is 0 Å². The van der Waals surface area contributed by atoms with E-state index in [1.54, 1.807) is 0 Å². The smallest absolute Gasteiger partial charge is 0.191 e. The molecule has 152 valence electrons. The van der Waals surface area contributed by atoms with E-state index < -0.39 is 0 Å². The predicted molar refractivity (Wildman–Crippen MR) is 115 cm³/mol. The molecule has 1 aromatic carbocycles. The van der Waals surface area contributed by atoms with Gasteiger partial charge in [-0.05, 0) is 50.0 Å². The molecule has 0 aliphatic carbocycles. The third-order valence-corrected chi connectivity index (χ3v) is 5.42. The van der Waals surface area contributed by atoms with Crippen molar-refractivity contribution in [2.24, 2.45) is 4.99 Å². The minimum atomic E-state index is 0.606. The lowest BCUT2D eigenvalue weighted by Crippen LogP contribution is -2.49. The number of nitrogens with zero attached hydrogens (tertiary/aromatic N) is 4. The fourth-order valence-electron chi connectivity index (χ4n) is 3.86. The number of likely N-dealkylation sites (tertiary alicyclic amines) is 1. The summed E-state index contributed by atoms with van der Waals surface area (Å²) in [6.45, 7) is 9.97. The molecule has 0 radical (unpaired) electrons. The molecule has 1 unspecified atom stereocenters. The van der Waals surface area contributed by atoms with Gasteiger partial charge in [-0.25, -0.2) is 4.99 Å². The predicted octanol–water partition coefficient (Wildman–Crippen LogP) is 2.86.